The van der Waals surface area contributed by atoms with E-state index in [2.05, 4.69) is 0 Å². The minimum Gasteiger partial charge on any atom is -0.507 e. The number of methoxy groups -OCH3 is 1. The van der Waals surface area contributed by atoms with Crippen LogP contribution in [-0.2, 0) is 20.7 Å². The molecule has 2 N–H and O–H groups in total. The van der Waals surface area contributed by atoms with E-state index >= 15 is 0 Å². The van der Waals surface area contributed by atoms with Crippen molar-refractivity contribution in [3.05, 3.63) is 102 Å². The quantitative estimate of drug-likeness (QED) is 0.152. The predicted octanol–water partition coefficient (Wildman–Crippen LogP) is 8.08. The zero-order valence-corrected chi connectivity index (χ0v) is 31.9. The smallest absolute Gasteiger partial charge is 0.347 e. The molecular formula is C41H42F2O11. The van der Waals surface area contributed by atoms with Crippen LogP contribution in [0.25, 0.3) is 0 Å². The van der Waals surface area contributed by atoms with Crippen LogP contribution in [0.4, 0.5) is 8.78 Å². The van der Waals surface area contributed by atoms with E-state index in [0.717, 1.165) is 6.08 Å². The number of halogens is 2. The molecule has 0 saturated carbocycles. The molecule has 0 amide bonds. The molecule has 1 unspecified atom stereocenters. The van der Waals surface area contributed by atoms with E-state index in [9.17, 15) is 43.0 Å². The van der Waals surface area contributed by atoms with Gasteiger partial charge >= 0.3 is 23.9 Å². The number of aromatic hydroxyl groups is 1. The van der Waals surface area contributed by atoms with Crippen molar-refractivity contribution in [2.24, 2.45) is 5.92 Å². The molecule has 0 bridgehead atoms. The Kier molecular flexibility index (Phi) is 11.8. The van der Waals surface area contributed by atoms with Crippen molar-refractivity contribution in [2.75, 3.05) is 7.11 Å². The SMILES string of the molecule is CCc1c(C)c(C(=O)O)c(C)c(C)c1OC(=O)c1c(C)cc(OC(=O)c2c(C)c(C)c(OC(=O)C3C(C)=CC(=O)C=C3OC)c(C(F)F)c2C)c(C)c1O. The fourth-order valence-corrected chi connectivity index (χ4v) is 6.88. The second-order valence-electron chi connectivity index (χ2n) is 13.2. The number of ether oxygens (including phenoxy) is 4. The highest BCUT2D eigenvalue weighted by molar-refractivity contribution is 6.03. The molecule has 0 saturated heterocycles. The number of benzene rings is 3. The van der Waals surface area contributed by atoms with Crippen LogP contribution >= 0.6 is 0 Å². The Bertz CT molecular complexity index is 2210. The van der Waals surface area contributed by atoms with Gasteiger partial charge in [0.05, 0.1) is 23.8 Å². The number of rotatable bonds is 10. The Morgan fingerprint density at radius 2 is 1.31 bits per heavy atom. The first-order chi connectivity index (χ1) is 25.2. The van der Waals surface area contributed by atoms with E-state index in [-0.39, 0.29) is 61.8 Å². The van der Waals surface area contributed by atoms with E-state index in [0.29, 0.717) is 34.2 Å². The van der Waals surface area contributed by atoms with E-state index in [1.54, 1.807) is 27.7 Å². The number of carbonyl (C=O) groups is 5. The molecule has 11 nitrogen and oxygen atoms in total. The van der Waals surface area contributed by atoms with Crippen LogP contribution in [0.1, 0.15) is 107 Å². The predicted molar refractivity (Wildman–Crippen MR) is 193 cm³/mol. The van der Waals surface area contributed by atoms with Crippen LogP contribution in [0.2, 0.25) is 0 Å². The van der Waals surface area contributed by atoms with Crippen LogP contribution < -0.4 is 14.2 Å². The fourth-order valence-electron chi connectivity index (χ4n) is 6.88. The first kappa shape index (κ1) is 40.9. The number of phenolic OH excluding ortho intramolecular Hbond substituents is 1. The number of alkyl halides is 2. The van der Waals surface area contributed by atoms with Crippen LogP contribution in [-0.4, -0.2) is 47.0 Å². The summed E-state index contributed by atoms with van der Waals surface area (Å²) in [6.07, 6.45) is -0.508. The number of aryl methyl sites for hydroxylation is 1. The molecule has 3 aromatic carbocycles. The summed E-state index contributed by atoms with van der Waals surface area (Å²) in [5.41, 5.74) is 1.25. The van der Waals surface area contributed by atoms with Crippen molar-refractivity contribution in [1.82, 2.24) is 0 Å². The summed E-state index contributed by atoms with van der Waals surface area (Å²) in [5.74, 6) is -6.61. The Morgan fingerprint density at radius 3 is 1.87 bits per heavy atom. The van der Waals surface area contributed by atoms with Gasteiger partial charge in [0.2, 0.25) is 0 Å². The Balaban J connectivity index is 1.71. The molecule has 13 heteroatoms. The van der Waals surface area contributed by atoms with E-state index < -0.39 is 59.1 Å². The first-order valence-electron chi connectivity index (χ1n) is 16.9. The molecule has 0 heterocycles. The highest BCUT2D eigenvalue weighted by atomic mass is 19.3. The van der Waals surface area contributed by atoms with Gasteiger partial charge in [-0.15, -0.1) is 0 Å². The highest BCUT2D eigenvalue weighted by Crippen LogP contribution is 2.42. The lowest BCUT2D eigenvalue weighted by Crippen LogP contribution is -2.28. The molecule has 54 heavy (non-hydrogen) atoms. The maximum Gasteiger partial charge on any atom is 0.347 e. The lowest BCUT2D eigenvalue weighted by atomic mass is 9.91. The van der Waals surface area contributed by atoms with Gasteiger partial charge in [0.25, 0.3) is 6.43 Å². The number of carboxylic acids is 1. The minimum absolute atomic E-state index is 0.0106. The second kappa shape index (κ2) is 15.6. The first-order valence-corrected chi connectivity index (χ1v) is 16.9. The average molecular weight is 749 g/mol. The Hall–Kier alpha value is -5.85. The van der Waals surface area contributed by atoms with Crippen LogP contribution in [0.15, 0.2) is 29.6 Å². The molecule has 0 aromatic heterocycles. The van der Waals surface area contributed by atoms with Crippen molar-refractivity contribution >= 4 is 29.7 Å². The molecule has 1 aliphatic rings. The Labute approximate surface area is 311 Å². The third-order valence-corrected chi connectivity index (χ3v) is 10.0. The number of phenols is 1. The number of ketones is 1. The molecule has 1 aliphatic carbocycles. The van der Waals surface area contributed by atoms with Crippen molar-refractivity contribution in [2.45, 2.75) is 82.1 Å². The van der Waals surface area contributed by atoms with Crippen molar-refractivity contribution in [1.29, 1.82) is 0 Å². The van der Waals surface area contributed by atoms with Gasteiger partial charge in [-0.05, 0) is 131 Å². The Morgan fingerprint density at radius 1 is 0.741 bits per heavy atom. The van der Waals surface area contributed by atoms with Gasteiger partial charge < -0.3 is 29.2 Å². The molecule has 0 aliphatic heterocycles. The number of hydrogen-bond donors (Lipinski definition) is 2. The minimum atomic E-state index is -3.19. The molecule has 4 rings (SSSR count). The van der Waals surface area contributed by atoms with Gasteiger partial charge in [0, 0.05) is 11.6 Å². The number of aromatic carboxylic acids is 1. The third-order valence-electron chi connectivity index (χ3n) is 10.0. The van der Waals surface area contributed by atoms with Crippen molar-refractivity contribution < 1.29 is 61.9 Å². The molecule has 3 aromatic rings. The average Bonchev–Trinajstić information content (AvgIpc) is 3.07. The standard InChI is InChI=1S/C41H42F2O11/c1-12-26-22(8)31(38(46)47)18(4)20(6)35(26)53-40(49)30-17(3)14-27(23(9)34(30)45)52-41(50)32-19(5)21(7)36(33(24(32)10)37(42)43)54-39(48)29-16(2)13-25(44)15-28(29)51-11/h13-15,29,37,45H,12H2,1-11H3,(H,46,47). The summed E-state index contributed by atoms with van der Waals surface area (Å²) in [6, 6.07) is 1.33. The molecule has 0 spiro atoms. The summed E-state index contributed by atoms with van der Waals surface area (Å²) in [4.78, 5) is 64.6. The maximum atomic E-state index is 14.7. The van der Waals surface area contributed by atoms with Gasteiger partial charge in [-0.2, -0.15) is 0 Å². The van der Waals surface area contributed by atoms with Crippen molar-refractivity contribution in [3.63, 3.8) is 0 Å². The summed E-state index contributed by atoms with van der Waals surface area (Å²) >= 11 is 0. The van der Waals surface area contributed by atoms with E-state index in [1.165, 1.54) is 60.8 Å². The van der Waals surface area contributed by atoms with E-state index in [1.807, 2.05) is 0 Å². The van der Waals surface area contributed by atoms with Gasteiger partial charge in [-0.25, -0.2) is 23.2 Å². The number of allylic oxidation sites excluding steroid dienone is 2. The lowest BCUT2D eigenvalue weighted by molar-refractivity contribution is -0.137. The van der Waals surface area contributed by atoms with Gasteiger partial charge in [-0.1, -0.05) is 6.92 Å². The summed E-state index contributed by atoms with van der Waals surface area (Å²) in [7, 11) is 1.26. The largest absolute Gasteiger partial charge is 0.507 e. The maximum absolute atomic E-state index is 14.7. The van der Waals surface area contributed by atoms with Gasteiger partial charge in [0.1, 0.15) is 40.2 Å². The lowest BCUT2D eigenvalue weighted by Gasteiger charge is -2.24. The third kappa shape index (κ3) is 7.22. The number of carbonyl (C=O) groups excluding carboxylic acids is 4. The second-order valence-corrected chi connectivity index (χ2v) is 13.2. The summed E-state index contributed by atoms with van der Waals surface area (Å²) < 4.78 is 51.7. The zero-order chi connectivity index (χ0) is 40.7. The van der Waals surface area contributed by atoms with Gasteiger partial charge in [-0.3, -0.25) is 9.59 Å². The number of esters is 3. The normalized spacial score (nSPS) is 14.0. The van der Waals surface area contributed by atoms with Crippen LogP contribution in [0.5, 0.6) is 23.0 Å². The molecule has 0 fully saturated rings. The molecular weight excluding hydrogens is 706 g/mol. The van der Waals surface area contributed by atoms with Crippen molar-refractivity contribution in [3.8, 4) is 23.0 Å². The van der Waals surface area contributed by atoms with Crippen LogP contribution in [0, 0.1) is 61.3 Å². The zero-order valence-electron chi connectivity index (χ0n) is 31.9. The van der Waals surface area contributed by atoms with Crippen LogP contribution in [0.3, 0.4) is 0 Å². The summed E-state index contributed by atoms with van der Waals surface area (Å²) in [5, 5.41) is 21.0. The number of hydrogen-bond acceptors (Lipinski definition) is 10. The topological polar surface area (TPSA) is 163 Å². The highest BCUT2D eigenvalue weighted by Gasteiger charge is 2.35. The molecule has 286 valence electrons. The molecule has 1 atom stereocenters. The number of carboxylic acid groups (broad SMARTS) is 1. The monoisotopic (exact) mass is 748 g/mol. The van der Waals surface area contributed by atoms with E-state index in [4.69, 9.17) is 18.9 Å². The van der Waals surface area contributed by atoms with Gasteiger partial charge in [0.15, 0.2) is 5.78 Å². The fraction of sp³-hybridized carbons (Fsp3) is 0.341. The molecule has 0 radical (unpaired) electrons. The summed E-state index contributed by atoms with van der Waals surface area (Å²) in [6.45, 7) is 15.2.